The van der Waals surface area contributed by atoms with Crippen LogP contribution in [0.25, 0.3) is 0 Å². The van der Waals surface area contributed by atoms with Crippen LogP contribution in [-0.2, 0) is 10.2 Å². The van der Waals surface area contributed by atoms with Crippen molar-refractivity contribution in [3.63, 3.8) is 0 Å². The van der Waals surface area contributed by atoms with Crippen LogP contribution in [-0.4, -0.2) is 53.7 Å². The molecular formula is C14H17BrFN7O4S. The van der Waals surface area contributed by atoms with E-state index in [1.807, 2.05) is 6.92 Å². The Labute approximate surface area is 168 Å². The summed E-state index contributed by atoms with van der Waals surface area (Å²) < 4.78 is 42.1. The lowest BCUT2D eigenvalue weighted by Gasteiger charge is -2.46. The molecule has 0 saturated carbocycles. The number of halogens is 2. The Morgan fingerprint density at radius 3 is 2.82 bits per heavy atom. The van der Waals surface area contributed by atoms with Crippen molar-refractivity contribution in [3.8, 4) is 0 Å². The average Bonchev–Trinajstić information content (AvgIpc) is 3.06. The van der Waals surface area contributed by atoms with E-state index in [-0.39, 0.29) is 40.3 Å². The van der Waals surface area contributed by atoms with Crippen molar-refractivity contribution < 1.29 is 22.6 Å². The topological polar surface area (TPSA) is 159 Å². The average molecular weight is 478 g/mol. The van der Waals surface area contributed by atoms with Crippen LogP contribution in [0.2, 0.25) is 0 Å². The maximum Gasteiger partial charge on any atom is 0.276 e. The van der Waals surface area contributed by atoms with Crippen LogP contribution in [0.5, 0.6) is 0 Å². The van der Waals surface area contributed by atoms with E-state index < -0.39 is 16.0 Å². The van der Waals surface area contributed by atoms with Crippen LogP contribution in [0.3, 0.4) is 0 Å². The van der Waals surface area contributed by atoms with Gasteiger partial charge in [0.1, 0.15) is 5.82 Å². The van der Waals surface area contributed by atoms with Gasteiger partial charge in [0, 0.05) is 30.7 Å². The number of benzene rings is 1. The predicted octanol–water partition coefficient (Wildman–Crippen LogP) is 1.16. The second-order valence-corrected chi connectivity index (χ2v) is 9.04. The van der Waals surface area contributed by atoms with Crippen molar-refractivity contribution >= 4 is 43.5 Å². The number of rotatable bonds is 6. The summed E-state index contributed by atoms with van der Waals surface area (Å²) in [5.41, 5.74) is 0.160. The van der Waals surface area contributed by atoms with Crippen LogP contribution in [0.1, 0.15) is 12.6 Å². The third-order valence-electron chi connectivity index (χ3n) is 4.15. The number of hydrogen-bond acceptors (Lipinski definition) is 8. The van der Waals surface area contributed by atoms with Crippen molar-refractivity contribution in [2.45, 2.75) is 6.92 Å². The summed E-state index contributed by atoms with van der Waals surface area (Å²) in [6, 6.07) is 4.14. The zero-order chi connectivity index (χ0) is 20.5. The summed E-state index contributed by atoms with van der Waals surface area (Å²) >= 11 is 3.07. The molecule has 1 aromatic carbocycles. The Hall–Kier alpha value is -2.29. The number of nitrogens with one attached hydrogen (secondary N) is 2. The Balaban J connectivity index is 1.68. The summed E-state index contributed by atoms with van der Waals surface area (Å²) in [5, 5.41) is 30.8. The van der Waals surface area contributed by atoms with Gasteiger partial charge in [-0.3, -0.25) is 0 Å². The van der Waals surface area contributed by atoms with Gasteiger partial charge in [-0.25, -0.2) is 14.2 Å². The number of amidine groups is 1. The smallest absolute Gasteiger partial charge is 0.276 e. The molecule has 0 amide bonds. The molecule has 1 saturated heterocycles. The zero-order valence-electron chi connectivity index (χ0n) is 14.6. The molecule has 1 aliphatic heterocycles. The van der Waals surface area contributed by atoms with Crippen LogP contribution < -0.4 is 15.8 Å². The third-order valence-corrected chi connectivity index (χ3v) is 5.74. The first-order chi connectivity index (χ1) is 13.1. The quantitative estimate of drug-likeness (QED) is 0.208. The van der Waals surface area contributed by atoms with E-state index >= 15 is 0 Å². The van der Waals surface area contributed by atoms with Crippen molar-refractivity contribution in [3.05, 3.63) is 34.2 Å². The highest BCUT2D eigenvalue weighted by molar-refractivity contribution is 9.10. The maximum absolute atomic E-state index is 13.4. The molecule has 3 rings (SSSR count). The Morgan fingerprint density at radius 1 is 1.50 bits per heavy atom. The summed E-state index contributed by atoms with van der Waals surface area (Å²) in [6.45, 7) is 2.73. The second-order valence-electron chi connectivity index (χ2n) is 6.64. The Morgan fingerprint density at radius 2 is 2.21 bits per heavy atom. The monoisotopic (exact) mass is 477 g/mol. The predicted molar refractivity (Wildman–Crippen MR) is 102 cm³/mol. The molecule has 11 nitrogen and oxygen atoms in total. The van der Waals surface area contributed by atoms with Gasteiger partial charge >= 0.3 is 0 Å². The molecule has 1 aliphatic rings. The largest absolute Gasteiger partial charge is 0.409 e. The first kappa shape index (κ1) is 20.4. The van der Waals surface area contributed by atoms with E-state index in [4.69, 9.17) is 9.77 Å². The van der Waals surface area contributed by atoms with E-state index in [0.29, 0.717) is 12.2 Å². The molecule has 1 aromatic heterocycles. The number of aromatic nitrogens is 2. The Bertz CT molecular complexity index is 1010. The van der Waals surface area contributed by atoms with Crippen LogP contribution in [0.4, 0.5) is 15.9 Å². The SMILES string of the molecule is CC1(CNc2nonc2/C(=N/O)Nc2ccc(F)c(Br)c2)CN(S(N)(=O)=O)C1. The third kappa shape index (κ3) is 4.40. The van der Waals surface area contributed by atoms with E-state index in [0.717, 1.165) is 4.31 Å². The van der Waals surface area contributed by atoms with Gasteiger partial charge in [-0.1, -0.05) is 12.1 Å². The molecule has 2 heterocycles. The normalized spacial score (nSPS) is 17.2. The van der Waals surface area contributed by atoms with Gasteiger partial charge in [-0.05, 0) is 44.4 Å². The van der Waals surface area contributed by atoms with Crippen molar-refractivity contribution in [2.24, 2.45) is 15.7 Å². The number of oxime groups is 1. The van der Waals surface area contributed by atoms with E-state index in [9.17, 15) is 18.0 Å². The molecule has 5 N–H and O–H groups in total. The number of nitrogens with two attached hydrogens (primary N) is 1. The van der Waals surface area contributed by atoms with Gasteiger partial charge in [0.05, 0.1) is 4.47 Å². The minimum atomic E-state index is -3.71. The van der Waals surface area contributed by atoms with Crippen molar-refractivity contribution in [1.29, 1.82) is 0 Å². The first-order valence-corrected chi connectivity index (χ1v) is 10.2. The standard InChI is InChI=1S/C14H17BrFN7O4S/c1-14(6-23(7-14)28(17,25)26)5-18-12-11(21-27-22-12)13(20-24)19-8-2-3-10(16)9(15)4-8/h2-4,24H,5-7H2,1H3,(H,18,22)(H,19,20)(H2,17,25,26). The maximum atomic E-state index is 13.4. The highest BCUT2D eigenvalue weighted by atomic mass is 79.9. The van der Waals surface area contributed by atoms with Crippen LogP contribution >= 0.6 is 15.9 Å². The molecule has 28 heavy (non-hydrogen) atoms. The lowest BCUT2D eigenvalue weighted by Crippen LogP contribution is -2.61. The fourth-order valence-electron chi connectivity index (χ4n) is 2.70. The van der Waals surface area contributed by atoms with E-state index in [2.05, 4.69) is 42.0 Å². The van der Waals surface area contributed by atoms with Crippen LogP contribution in [0.15, 0.2) is 32.5 Å². The molecule has 0 atom stereocenters. The minimum Gasteiger partial charge on any atom is -0.409 e. The van der Waals surface area contributed by atoms with Gasteiger partial charge in [-0.2, -0.15) is 12.7 Å². The van der Waals surface area contributed by atoms with Crippen molar-refractivity contribution in [2.75, 3.05) is 30.3 Å². The summed E-state index contributed by atoms with van der Waals surface area (Å²) in [7, 11) is -3.71. The number of anilines is 2. The fourth-order valence-corrected chi connectivity index (χ4v) is 4.06. The first-order valence-electron chi connectivity index (χ1n) is 7.90. The molecule has 0 bridgehead atoms. The van der Waals surface area contributed by atoms with Gasteiger partial charge in [0.2, 0.25) is 11.7 Å². The fraction of sp³-hybridized carbons (Fsp3) is 0.357. The molecule has 0 unspecified atom stereocenters. The minimum absolute atomic E-state index is 0.0767. The molecule has 0 radical (unpaired) electrons. The lowest BCUT2D eigenvalue weighted by molar-refractivity contribution is 0.104. The molecule has 2 aromatic rings. The molecule has 1 fully saturated rings. The number of nitrogens with zero attached hydrogens (tertiary/aromatic N) is 4. The van der Waals surface area contributed by atoms with Crippen LogP contribution in [0, 0.1) is 11.2 Å². The molecule has 152 valence electrons. The zero-order valence-corrected chi connectivity index (χ0v) is 17.0. The lowest BCUT2D eigenvalue weighted by atomic mass is 9.84. The summed E-state index contributed by atoms with van der Waals surface area (Å²) in [4.78, 5) is 0. The van der Waals surface area contributed by atoms with Gasteiger partial charge in [-0.15, -0.1) is 0 Å². The van der Waals surface area contributed by atoms with E-state index in [1.165, 1.54) is 18.2 Å². The Kier molecular flexibility index (Phi) is 5.56. The summed E-state index contributed by atoms with van der Waals surface area (Å²) in [5.74, 6) is -0.329. The van der Waals surface area contributed by atoms with Gasteiger partial charge in [0.25, 0.3) is 10.2 Å². The number of hydrogen-bond donors (Lipinski definition) is 4. The highest BCUT2D eigenvalue weighted by Gasteiger charge is 2.43. The molecular weight excluding hydrogens is 461 g/mol. The van der Waals surface area contributed by atoms with Gasteiger partial charge in [0.15, 0.2) is 5.69 Å². The molecule has 14 heteroatoms. The van der Waals surface area contributed by atoms with Crippen molar-refractivity contribution in [1.82, 2.24) is 14.6 Å². The second kappa shape index (κ2) is 7.62. The molecule has 0 spiro atoms. The molecule has 0 aliphatic carbocycles. The van der Waals surface area contributed by atoms with Gasteiger partial charge < -0.3 is 15.8 Å². The van der Waals surface area contributed by atoms with E-state index in [1.54, 1.807) is 0 Å². The summed E-state index contributed by atoms with van der Waals surface area (Å²) in [6.07, 6.45) is 0. The highest BCUT2D eigenvalue weighted by Crippen LogP contribution is 2.31.